The lowest BCUT2D eigenvalue weighted by atomic mass is 10.1. The summed E-state index contributed by atoms with van der Waals surface area (Å²) in [6.45, 7) is 4.01. The van der Waals surface area contributed by atoms with Gasteiger partial charge in [-0.15, -0.1) is 22.7 Å². The van der Waals surface area contributed by atoms with Gasteiger partial charge < -0.3 is 9.15 Å². The topological polar surface area (TPSA) is 76.7 Å². The van der Waals surface area contributed by atoms with Crippen LogP contribution in [0.25, 0.3) is 21.5 Å². The monoisotopic (exact) mass is 487 g/mol. The molecule has 2 aromatic carbocycles. The van der Waals surface area contributed by atoms with E-state index < -0.39 is 0 Å². The van der Waals surface area contributed by atoms with Crippen LogP contribution in [0.5, 0.6) is 5.75 Å². The fourth-order valence-corrected chi connectivity index (χ4v) is 5.18. The molecule has 3 aromatic heterocycles. The van der Waals surface area contributed by atoms with E-state index in [0.717, 1.165) is 26.4 Å². The van der Waals surface area contributed by atoms with Crippen LogP contribution in [0.4, 0.5) is 10.8 Å². The van der Waals surface area contributed by atoms with Crippen LogP contribution in [0, 0.1) is 13.8 Å². The van der Waals surface area contributed by atoms with E-state index in [1.54, 1.807) is 24.5 Å². The Hall–Kier alpha value is -3.75. The van der Waals surface area contributed by atoms with E-state index in [2.05, 4.69) is 15.3 Å². The molecule has 0 aliphatic rings. The molecular weight excluding hydrogens is 466 g/mol. The lowest BCUT2D eigenvalue weighted by molar-refractivity contribution is 0.102. The summed E-state index contributed by atoms with van der Waals surface area (Å²) < 4.78 is 11.6. The summed E-state index contributed by atoms with van der Waals surface area (Å²) in [5.74, 6) is 0.228. The van der Waals surface area contributed by atoms with Gasteiger partial charge in [-0.2, -0.15) is 0 Å². The molecule has 5 aromatic rings. The number of hydrogen-bond acceptors (Lipinski definition) is 7. The number of amides is 1. The van der Waals surface area contributed by atoms with E-state index in [-0.39, 0.29) is 11.5 Å². The fourth-order valence-electron chi connectivity index (χ4n) is 3.52. The lowest BCUT2D eigenvalue weighted by Gasteiger charge is -2.08. The van der Waals surface area contributed by atoms with Gasteiger partial charge in [0.1, 0.15) is 5.56 Å². The Kier molecular flexibility index (Phi) is 6.00. The number of hydrogen-bond donors (Lipinski definition) is 1. The average molecular weight is 488 g/mol. The first-order valence-corrected chi connectivity index (χ1v) is 12.3. The molecule has 0 atom stereocenters. The number of thiazole rings is 1. The summed E-state index contributed by atoms with van der Waals surface area (Å²) in [4.78, 5) is 24.8. The standard InChI is InChI=1S/C26H21N3O3S2/c1-15-9-11-18(12-10-15)27-25-19(14-17-6-4-7-20(31-3)23(17)32-25)24(30)29-26-28-22(16(2)34-26)21-8-5-13-33-21/h4-14H,1-3H3,(H,28,29,30). The molecule has 0 spiro atoms. The van der Waals surface area contributed by atoms with Crippen molar-refractivity contribution >= 4 is 50.4 Å². The van der Waals surface area contributed by atoms with Crippen molar-refractivity contribution in [2.75, 3.05) is 12.4 Å². The zero-order chi connectivity index (χ0) is 23.7. The first-order valence-electron chi connectivity index (χ1n) is 10.6. The van der Waals surface area contributed by atoms with Gasteiger partial charge in [0.15, 0.2) is 16.5 Å². The number of aryl methyl sites for hydroxylation is 2. The molecule has 0 fully saturated rings. The second-order valence-corrected chi connectivity index (χ2v) is 9.80. The zero-order valence-electron chi connectivity index (χ0n) is 18.8. The molecule has 3 heterocycles. The third-order valence-corrected chi connectivity index (χ3v) is 7.00. The third kappa shape index (κ3) is 4.37. The highest BCUT2D eigenvalue weighted by molar-refractivity contribution is 7.17. The molecule has 0 radical (unpaired) electrons. The molecule has 8 heteroatoms. The number of nitrogens with one attached hydrogen (secondary N) is 1. The SMILES string of the molecule is COc1cccc2cc(C(=O)Nc3nc(-c4cccs4)c(C)s3)c(=Nc3ccc(C)cc3)oc12. The second kappa shape index (κ2) is 9.24. The van der Waals surface area contributed by atoms with Gasteiger partial charge in [0, 0.05) is 10.3 Å². The largest absolute Gasteiger partial charge is 0.493 e. The number of aromatic nitrogens is 1. The molecule has 1 N–H and O–H groups in total. The van der Waals surface area contributed by atoms with Gasteiger partial charge in [-0.1, -0.05) is 35.9 Å². The van der Waals surface area contributed by atoms with Crippen molar-refractivity contribution in [3.63, 3.8) is 0 Å². The number of fused-ring (bicyclic) bond motifs is 1. The minimum Gasteiger partial charge on any atom is -0.493 e. The van der Waals surface area contributed by atoms with Crippen molar-refractivity contribution < 1.29 is 13.9 Å². The van der Waals surface area contributed by atoms with Crippen molar-refractivity contribution in [3.8, 4) is 16.3 Å². The van der Waals surface area contributed by atoms with Crippen molar-refractivity contribution in [2.24, 2.45) is 4.99 Å². The minimum atomic E-state index is -0.342. The molecule has 1 amide bonds. The summed E-state index contributed by atoms with van der Waals surface area (Å²) in [5.41, 5.74) is 3.72. The number of methoxy groups -OCH3 is 1. The molecule has 6 nitrogen and oxygen atoms in total. The lowest BCUT2D eigenvalue weighted by Crippen LogP contribution is -2.21. The Morgan fingerprint density at radius 2 is 1.91 bits per heavy atom. The zero-order valence-corrected chi connectivity index (χ0v) is 20.4. The highest BCUT2D eigenvalue weighted by Crippen LogP contribution is 2.33. The van der Waals surface area contributed by atoms with E-state index in [9.17, 15) is 4.79 Å². The number of carbonyl (C=O) groups excluding carboxylic acids is 1. The summed E-state index contributed by atoms with van der Waals surface area (Å²) in [6.07, 6.45) is 0. The summed E-state index contributed by atoms with van der Waals surface area (Å²) in [5, 5.41) is 6.21. The predicted octanol–water partition coefficient (Wildman–Crippen LogP) is 6.73. The van der Waals surface area contributed by atoms with E-state index in [4.69, 9.17) is 9.15 Å². The molecule has 0 saturated carbocycles. The maximum absolute atomic E-state index is 13.4. The molecule has 0 unspecified atom stereocenters. The predicted molar refractivity (Wildman–Crippen MR) is 137 cm³/mol. The fraction of sp³-hybridized carbons (Fsp3) is 0.115. The van der Waals surface area contributed by atoms with Gasteiger partial charge in [-0.3, -0.25) is 10.1 Å². The number of carbonyl (C=O) groups is 1. The highest BCUT2D eigenvalue weighted by atomic mass is 32.1. The molecule has 0 aliphatic heterocycles. The molecule has 0 aliphatic carbocycles. The normalized spacial score (nSPS) is 11.7. The number of para-hydroxylation sites is 1. The van der Waals surface area contributed by atoms with Crippen LogP contribution in [0.15, 0.2) is 75.5 Å². The minimum absolute atomic E-state index is 0.199. The van der Waals surface area contributed by atoms with Crippen LogP contribution in [0.1, 0.15) is 20.8 Å². The average Bonchev–Trinajstić information content (AvgIpc) is 3.49. The third-order valence-electron chi connectivity index (χ3n) is 5.24. The van der Waals surface area contributed by atoms with Crippen LogP contribution in [0.2, 0.25) is 0 Å². The number of ether oxygens (including phenoxy) is 1. The second-order valence-electron chi connectivity index (χ2n) is 7.65. The first kappa shape index (κ1) is 22.1. The molecule has 170 valence electrons. The highest BCUT2D eigenvalue weighted by Gasteiger charge is 2.18. The van der Waals surface area contributed by atoms with Gasteiger partial charge >= 0.3 is 0 Å². The van der Waals surface area contributed by atoms with Crippen LogP contribution < -0.4 is 15.6 Å². The van der Waals surface area contributed by atoms with Crippen LogP contribution in [0.3, 0.4) is 0 Å². The maximum atomic E-state index is 13.4. The quantitative estimate of drug-likeness (QED) is 0.298. The Balaban J connectivity index is 1.59. The van der Waals surface area contributed by atoms with Crippen molar-refractivity contribution in [1.82, 2.24) is 4.98 Å². The van der Waals surface area contributed by atoms with E-state index >= 15 is 0 Å². The van der Waals surface area contributed by atoms with Gasteiger partial charge in [-0.25, -0.2) is 9.98 Å². The van der Waals surface area contributed by atoms with Gasteiger partial charge in [0.25, 0.3) is 5.91 Å². The van der Waals surface area contributed by atoms with Gasteiger partial charge in [0.2, 0.25) is 5.55 Å². The maximum Gasteiger partial charge on any atom is 0.262 e. The van der Waals surface area contributed by atoms with Crippen LogP contribution >= 0.6 is 22.7 Å². The molecular formula is C26H21N3O3S2. The number of benzene rings is 2. The Bertz CT molecular complexity index is 1550. The van der Waals surface area contributed by atoms with Crippen LogP contribution in [-0.2, 0) is 0 Å². The number of thiophene rings is 1. The molecule has 34 heavy (non-hydrogen) atoms. The summed E-state index contributed by atoms with van der Waals surface area (Å²) >= 11 is 3.06. The van der Waals surface area contributed by atoms with E-state index in [0.29, 0.717) is 27.7 Å². The summed E-state index contributed by atoms with van der Waals surface area (Å²) in [6, 6.07) is 19.0. The van der Waals surface area contributed by atoms with Crippen molar-refractivity contribution in [3.05, 3.63) is 87.6 Å². The molecule has 0 saturated heterocycles. The van der Waals surface area contributed by atoms with Crippen molar-refractivity contribution in [2.45, 2.75) is 13.8 Å². The Morgan fingerprint density at radius 3 is 2.65 bits per heavy atom. The Labute approximate surface area is 204 Å². The molecule has 5 rings (SSSR count). The van der Waals surface area contributed by atoms with Crippen LogP contribution in [-0.4, -0.2) is 18.0 Å². The van der Waals surface area contributed by atoms with Gasteiger partial charge in [-0.05, 0) is 49.6 Å². The summed E-state index contributed by atoms with van der Waals surface area (Å²) in [7, 11) is 1.58. The Morgan fingerprint density at radius 1 is 1.09 bits per heavy atom. The first-order chi connectivity index (χ1) is 16.5. The number of rotatable bonds is 5. The van der Waals surface area contributed by atoms with Crippen molar-refractivity contribution in [1.29, 1.82) is 0 Å². The van der Waals surface area contributed by atoms with Gasteiger partial charge in [0.05, 0.1) is 23.4 Å². The van der Waals surface area contributed by atoms with E-state index in [1.807, 2.05) is 73.8 Å². The molecule has 0 bridgehead atoms. The number of anilines is 1. The van der Waals surface area contributed by atoms with E-state index in [1.165, 1.54) is 11.3 Å². The number of nitrogens with zero attached hydrogens (tertiary/aromatic N) is 2. The smallest absolute Gasteiger partial charge is 0.262 e.